The zero-order valence-electron chi connectivity index (χ0n) is 9.26. The number of aliphatic hydroxyl groups is 1. The van der Waals surface area contributed by atoms with Gasteiger partial charge in [0, 0.05) is 0 Å². The number of aromatic nitrogens is 3. The minimum atomic E-state index is -0.0104. The van der Waals surface area contributed by atoms with E-state index in [1.165, 1.54) is 32.1 Å². The van der Waals surface area contributed by atoms with Crippen LogP contribution in [0, 0.1) is 5.92 Å². The Morgan fingerprint density at radius 3 is 2.93 bits per heavy atom. The van der Waals surface area contributed by atoms with Gasteiger partial charge >= 0.3 is 0 Å². The SMILES string of the molecule is CCC1CCCCC1n1cc(CO)nn1. The zero-order valence-corrected chi connectivity index (χ0v) is 9.26. The summed E-state index contributed by atoms with van der Waals surface area (Å²) in [6.07, 6.45) is 8.23. The van der Waals surface area contributed by atoms with Gasteiger partial charge < -0.3 is 5.11 Å². The van der Waals surface area contributed by atoms with Crippen molar-refractivity contribution in [3.63, 3.8) is 0 Å². The first-order valence-electron chi connectivity index (χ1n) is 5.86. The molecule has 1 N–H and O–H groups in total. The van der Waals surface area contributed by atoms with Crippen molar-refractivity contribution in [3.8, 4) is 0 Å². The van der Waals surface area contributed by atoms with E-state index in [9.17, 15) is 0 Å². The second-order valence-electron chi connectivity index (χ2n) is 4.37. The smallest absolute Gasteiger partial charge is 0.108 e. The Morgan fingerprint density at radius 1 is 1.47 bits per heavy atom. The molecular formula is C11H19N3O. The van der Waals surface area contributed by atoms with E-state index in [0.29, 0.717) is 11.7 Å². The molecule has 1 fully saturated rings. The van der Waals surface area contributed by atoms with Crippen LogP contribution in [0.1, 0.15) is 50.8 Å². The van der Waals surface area contributed by atoms with E-state index in [0.717, 1.165) is 5.92 Å². The van der Waals surface area contributed by atoms with Gasteiger partial charge in [0.2, 0.25) is 0 Å². The molecule has 1 aliphatic rings. The lowest BCUT2D eigenvalue weighted by Crippen LogP contribution is -2.23. The Hall–Kier alpha value is -0.900. The fraction of sp³-hybridized carbons (Fsp3) is 0.818. The van der Waals surface area contributed by atoms with Crippen LogP contribution in [0.15, 0.2) is 6.20 Å². The molecule has 15 heavy (non-hydrogen) atoms. The van der Waals surface area contributed by atoms with Crippen LogP contribution in [-0.2, 0) is 6.61 Å². The van der Waals surface area contributed by atoms with Crippen molar-refractivity contribution in [2.75, 3.05) is 0 Å². The summed E-state index contributed by atoms with van der Waals surface area (Å²) < 4.78 is 1.96. The highest BCUT2D eigenvalue weighted by molar-refractivity contribution is 4.92. The van der Waals surface area contributed by atoms with Gasteiger partial charge in [-0.3, -0.25) is 0 Å². The van der Waals surface area contributed by atoms with Crippen LogP contribution in [0.25, 0.3) is 0 Å². The number of hydrogen-bond acceptors (Lipinski definition) is 3. The first-order chi connectivity index (χ1) is 7.35. The summed E-state index contributed by atoms with van der Waals surface area (Å²) in [4.78, 5) is 0. The maximum absolute atomic E-state index is 8.96. The molecule has 0 radical (unpaired) electrons. The molecule has 4 heteroatoms. The Kier molecular flexibility index (Phi) is 3.36. The summed E-state index contributed by atoms with van der Waals surface area (Å²) >= 11 is 0. The second kappa shape index (κ2) is 4.75. The first kappa shape index (κ1) is 10.6. The van der Waals surface area contributed by atoms with Gasteiger partial charge in [0.1, 0.15) is 5.69 Å². The minimum absolute atomic E-state index is 0.0104. The van der Waals surface area contributed by atoms with Gasteiger partial charge in [-0.1, -0.05) is 31.4 Å². The monoisotopic (exact) mass is 209 g/mol. The summed E-state index contributed by atoms with van der Waals surface area (Å²) in [5.41, 5.74) is 0.676. The van der Waals surface area contributed by atoms with Gasteiger partial charge in [-0.05, 0) is 18.8 Å². The molecule has 0 aliphatic heterocycles. The standard InChI is InChI=1S/C11H19N3O/c1-2-9-5-3-4-6-11(9)14-7-10(8-15)12-13-14/h7,9,11,15H,2-6,8H2,1H3. The van der Waals surface area contributed by atoms with Gasteiger partial charge in [-0.15, -0.1) is 5.10 Å². The van der Waals surface area contributed by atoms with Crippen LogP contribution in [0.5, 0.6) is 0 Å². The fourth-order valence-electron chi connectivity index (χ4n) is 2.56. The molecule has 0 saturated heterocycles. The molecule has 0 bridgehead atoms. The Labute approximate surface area is 90.3 Å². The van der Waals surface area contributed by atoms with Crippen LogP contribution in [0.2, 0.25) is 0 Å². The normalized spacial score (nSPS) is 26.8. The van der Waals surface area contributed by atoms with Gasteiger partial charge in [-0.2, -0.15) is 0 Å². The van der Waals surface area contributed by atoms with Crippen molar-refractivity contribution in [3.05, 3.63) is 11.9 Å². The predicted molar refractivity (Wildman–Crippen MR) is 57.2 cm³/mol. The van der Waals surface area contributed by atoms with E-state index >= 15 is 0 Å². The number of hydrogen-bond donors (Lipinski definition) is 1. The van der Waals surface area contributed by atoms with Gasteiger partial charge in [0.15, 0.2) is 0 Å². The molecule has 1 heterocycles. The van der Waals surface area contributed by atoms with Crippen LogP contribution in [0.4, 0.5) is 0 Å². The molecule has 1 aliphatic carbocycles. The van der Waals surface area contributed by atoms with Crippen molar-refractivity contribution >= 4 is 0 Å². The Balaban J connectivity index is 2.12. The average molecular weight is 209 g/mol. The Morgan fingerprint density at radius 2 is 2.27 bits per heavy atom. The van der Waals surface area contributed by atoms with Crippen LogP contribution >= 0.6 is 0 Å². The topological polar surface area (TPSA) is 50.9 Å². The molecule has 4 nitrogen and oxygen atoms in total. The number of nitrogens with zero attached hydrogens (tertiary/aromatic N) is 3. The number of aliphatic hydroxyl groups excluding tert-OH is 1. The molecule has 1 saturated carbocycles. The van der Waals surface area contributed by atoms with Crippen LogP contribution in [-0.4, -0.2) is 20.1 Å². The maximum Gasteiger partial charge on any atom is 0.108 e. The summed E-state index contributed by atoms with van der Waals surface area (Å²) in [6.45, 7) is 2.23. The van der Waals surface area contributed by atoms with Crippen molar-refractivity contribution < 1.29 is 5.11 Å². The zero-order chi connectivity index (χ0) is 10.7. The maximum atomic E-state index is 8.96. The Bertz CT molecular complexity index is 311. The average Bonchev–Trinajstić information content (AvgIpc) is 2.77. The summed E-state index contributed by atoms with van der Waals surface area (Å²) in [6, 6.07) is 0.497. The van der Waals surface area contributed by atoms with Crippen molar-refractivity contribution in [2.24, 2.45) is 5.92 Å². The molecule has 2 unspecified atom stereocenters. The molecular weight excluding hydrogens is 190 g/mol. The van der Waals surface area contributed by atoms with E-state index in [1.807, 2.05) is 10.9 Å². The van der Waals surface area contributed by atoms with Crippen LogP contribution in [0.3, 0.4) is 0 Å². The summed E-state index contributed by atoms with van der Waals surface area (Å²) in [5, 5.41) is 17.0. The van der Waals surface area contributed by atoms with E-state index in [1.54, 1.807) is 0 Å². The first-order valence-corrected chi connectivity index (χ1v) is 5.86. The molecule has 2 atom stereocenters. The summed E-state index contributed by atoms with van der Waals surface area (Å²) in [5.74, 6) is 0.729. The van der Waals surface area contributed by atoms with Crippen molar-refractivity contribution in [1.29, 1.82) is 0 Å². The van der Waals surface area contributed by atoms with Crippen molar-refractivity contribution in [1.82, 2.24) is 15.0 Å². The van der Waals surface area contributed by atoms with Crippen molar-refractivity contribution in [2.45, 2.75) is 51.7 Å². The van der Waals surface area contributed by atoms with E-state index in [4.69, 9.17) is 5.11 Å². The summed E-state index contributed by atoms with van der Waals surface area (Å²) in [7, 11) is 0. The lowest BCUT2D eigenvalue weighted by molar-refractivity contribution is 0.214. The lowest BCUT2D eigenvalue weighted by atomic mass is 9.83. The lowest BCUT2D eigenvalue weighted by Gasteiger charge is -2.30. The van der Waals surface area contributed by atoms with E-state index < -0.39 is 0 Å². The second-order valence-corrected chi connectivity index (χ2v) is 4.37. The van der Waals surface area contributed by atoms with Gasteiger partial charge in [0.25, 0.3) is 0 Å². The highest BCUT2D eigenvalue weighted by Gasteiger charge is 2.25. The minimum Gasteiger partial charge on any atom is -0.390 e. The molecule has 2 rings (SSSR count). The van der Waals surface area contributed by atoms with Crippen LogP contribution < -0.4 is 0 Å². The third-order valence-corrected chi connectivity index (χ3v) is 3.45. The highest BCUT2D eigenvalue weighted by Crippen LogP contribution is 2.35. The number of rotatable bonds is 3. The van der Waals surface area contributed by atoms with E-state index in [-0.39, 0.29) is 6.61 Å². The molecule has 0 amide bonds. The predicted octanol–water partition coefficient (Wildman–Crippen LogP) is 1.91. The molecule has 1 aromatic rings. The molecule has 1 aromatic heterocycles. The molecule has 84 valence electrons. The fourth-order valence-corrected chi connectivity index (χ4v) is 2.56. The quantitative estimate of drug-likeness (QED) is 0.827. The molecule has 0 aromatic carbocycles. The third-order valence-electron chi connectivity index (χ3n) is 3.45. The highest BCUT2D eigenvalue weighted by atomic mass is 16.3. The largest absolute Gasteiger partial charge is 0.390 e. The molecule has 0 spiro atoms. The van der Waals surface area contributed by atoms with Gasteiger partial charge in [-0.25, -0.2) is 4.68 Å². The third kappa shape index (κ3) is 2.20. The van der Waals surface area contributed by atoms with Gasteiger partial charge in [0.05, 0.1) is 18.8 Å². The van der Waals surface area contributed by atoms with E-state index in [2.05, 4.69) is 17.2 Å².